The lowest BCUT2D eigenvalue weighted by Gasteiger charge is -2.19. The van der Waals surface area contributed by atoms with Crippen LogP contribution in [0.2, 0.25) is 10.0 Å². The minimum atomic E-state index is -3.63. The third kappa shape index (κ3) is 5.46. The highest BCUT2D eigenvalue weighted by atomic mass is 35.5. The van der Waals surface area contributed by atoms with Gasteiger partial charge < -0.3 is 9.30 Å². The Morgan fingerprint density at radius 2 is 1.69 bits per heavy atom. The number of methoxy groups -OCH3 is 1. The Bertz CT molecular complexity index is 1440. The number of fused-ring (bicyclic) bond motifs is 1. The zero-order valence-electron chi connectivity index (χ0n) is 18.9. The zero-order chi connectivity index (χ0) is 25.2. The number of nitrogens with zero attached hydrogens (tertiary/aromatic N) is 3. The molecule has 4 rings (SSSR count). The van der Waals surface area contributed by atoms with Gasteiger partial charge in [0, 0.05) is 18.7 Å². The first kappa shape index (κ1) is 25.8. The summed E-state index contributed by atoms with van der Waals surface area (Å²) < 4.78 is 34.4. The summed E-state index contributed by atoms with van der Waals surface area (Å²) in [7, 11) is -2.37. The number of benzene rings is 2. The lowest BCUT2D eigenvalue weighted by atomic mass is 10.2. The lowest BCUT2D eigenvalue weighted by Crippen LogP contribution is -2.31. The molecule has 0 aliphatic carbocycles. The number of amides is 1. The Morgan fingerprint density at radius 1 is 1.03 bits per heavy atom. The van der Waals surface area contributed by atoms with Gasteiger partial charge in [-0.25, -0.2) is 8.42 Å². The molecule has 1 amide bonds. The predicted molar refractivity (Wildman–Crippen MR) is 135 cm³/mol. The summed E-state index contributed by atoms with van der Waals surface area (Å²) in [6.07, 6.45) is 3.72. The van der Waals surface area contributed by atoms with Gasteiger partial charge in [-0.2, -0.15) is 9.30 Å². The fourth-order valence-electron chi connectivity index (χ4n) is 3.88. The van der Waals surface area contributed by atoms with Crippen LogP contribution in [-0.4, -0.2) is 49.4 Å². The van der Waals surface area contributed by atoms with Gasteiger partial charge in [0.25, 0.3) is 5.91 Å². The number of rotatable bonds is 5. The highest BCUT2D eigenvalue weighted by molar-refractivity contribution is 7.89. The molecule has 0 atom stereocenters. The van der Waals surface area contributed by atoms with Gasteiger partial charge in [-0.1, -0.05) is 47.4 Å². The fraction of sp³-hybridized carbons (Fsp3) is 0.348. The molecule has 1 aliphatic heterocycles. The van der Waals surface area contributed by atoms with Gasteiger partial charge in [-0.15, -0.1) is 0 Å². The molecule has 0 bridgehead atoms. The second-order valence-electron chi connectivity index (χ2n) is 8.01. The molecule has 1 saturated heterocycles. The highest BCUT2D eigenvalue weighted by Gasteiger charge is 2.25. The third-order valence-corrected chi connectivity index (χ3v) is 9.50. The van der Waals surface area contributed by atoms with Crippen molar-refractivity contribution in [1.29, 1.82) is 0 Å². The summed E-state index contributed by atoms with van der Waals surface area (Å²) in [5.74, 6) is -1.13. The molecular weight excluding hydrogens is 533 g/mol. The molecule has 0 saturated carbocycles. The van der Waals surface area contributed by atoms with Crippen molar-refractivity contribution in [3.05, 3.63) is 56.8 Å². The normalized spacial score (nSPS) is 15.8. The highest BCUT2D eigenvalue weighted by Crippen LogP contribution is 2.32. The quantitative estimate of drug-likeness (QED) is 0.432. The monoisotopic (exact) mass is 555 g/mol. The molecule has 0 radical (unpaired) electrons. The number of carbonyl (C=O) groups excluding carboxylic acids is 2. The van der Waals surface area contributed by atoms with E-state index >= 15 is 0 Å². The van der Waals surface area contributed by atoms with Gasteiger partial charge in [-0.05, 0) is 49.2 Å². The van der Waals surface area contributed by atoms with Crippen molar-refractivity contribution < 1.29 is 22.7 Å². The summed E-state index contributed by atoms with van der Waals surface area (Å²) in [6.45, 7) is 0.782. The van der Waals surface area contributed by atoms with Gasteiger partial charge >= 0.3 is 5.97 Å². The smallest absolute Gasteiger partial charge is 0.325 e. The van der Waals surface area contributed by atoms with E-state index in [2.05, 4.69) is 4.99 Å². The summed E-state index contributed by atoms with van der Waals surface area (Å²) in [5, 5.41) is 0.538. The molecule has 0 unspecified atom stereocenters. The van der Waals surface area contributed by atoms with E-state index in [4.69, 9.17) is 27.9 Å². The summed E-state index contributed by atoms with van der Waals surface area (Å²) in [6, 6.07) is 9.09. The van der Waals surface area contributed by atoms with E-state index in [9.17, 15) is 18.0 Å². The van der Waals surface area contributed by atoms with Crippen LogP contribution in [-0.2, 0) is 26.1 Å². The van der Waals surface area contributed by atoms with Crippen molar-refractivity contribution in [2.24, 2.45) is 4.99 Å². The summed E-state index contributed by atoms with van der Waals surface area (Å²) >= 11 is 13.7. The average molecular weight is 556 g/mol. The van der Waals surface area contributed by atoms with Crippen LogP contribution < -0.4 is 4.80 Å². The first-order valence-corrected chi connectivity index (χ1v) is 14.0. The molecule has 186 valence electrons. The maximum absolute atomic E-state index is 13.0. The topological polar surface area (TPSA) is 98.0 Å². The van der Waals surface area contributed by atoms with Crippen molar-refractivity contribution >= 4 is 66.7 Å². The molecule has 12 heteroatoms. The number of hydrogen-bond donors (Lipinski definition) is 0. The van der Waals surface area contributed by atoms with E-state index in [1.165, 1.54) is 51.6 Å². The van der Waals surface area contributed by atoms with Crippen LogP contribution in [0.1, 0.15) is 36.0 Å². The summed E-state index contributed by atoms with van der Waals surface area (Å²) in [5.41, 5.74) is 0.686. The molecule has 1 aromatic heterocycles. The number of aromatic nitrogens is 1. The number of esters is 1. The predicted octanol–water partition coefficient (Wildman–Crippen LogP) is 4.49. The second-order valence-corrected chi connectivity index (χ2v) is 11.7. The molecule has 0 N–H and O–H groups in total. The number of hydrogen-bond acceptors (Lipinski definition) is 6. The minimum absolute atomic E-state index is 0.139. The van der Waals surface area contributed by atoms with E-state index in [0.29, 0.717) is 28.3 Å². The van der Waals surface area contributed by atoms with Crippen molar-refractivity contribution in [2.45, 2.75) is 37.1 Å². The maximum atomic E-state index is 13.0. The molecule has 1 aliphatic rings. The molecule has 2 aromatic carbocycles. The number of sulfonamides is 1. The minimum Gasteiger partial charge on any atom is -0.468 e. The second kappa shape index (κ2) is 10.8. The lowest BCUT2D eigenvalue weighted by molar-refractivity contribution is -0.141. The molecule has 3 aromatic rings. The van der Waals surface area contributed by atoms with Crippen LogP contribution in [0.25, 0.3) is 10.2 Å². The Morgan fingerprint density at radius 3 is 2.31 bits per heavy atom. The van der Waals surface area contributed by atoms with Crippen LogP contribution in [0, 0.1) is 0 Å². The van der Waals surface area contributed by atoms with Gasteiger partial charge in [-0.3, -0.25) is 9.59 Å². The van der Waals surface area contributed by atoms with E-state index in [1.807, 2.05) is 0 Å². The number of ether oxygens (including phenoxy) is 1. The molecule has 8 nitrogen and oxygen atoms in total. The van der Waals surface area contributed by atoms with Gasteiger partial charge in [0.1, 0.15) is 6.54 Å². The number of carbonyl (C=O) groups is 2. The van der Waals surface area contributed by atoms with Crippen molar-refractivity contribution in [3.63, 3.8) is 0 Å². The average Bonchev–Trinajstić information content (AvgIpc) is 3.01. The molecular formula is C23H23Cl2N3O5S2. The zero-order valence-corrected chi connectivity index (χ0v) is 22.0. The Balaban J connectivity index is 1.68. The van der Waals surface area contributed by atoms with Crippen molar-refractivity contribution in [2.75, 3.05) is 20.2 Å². The molecule has 2 heterocycles. The fourth-order valence-corrected chi connectivity index (χ4v) is 6.91. The van der Waals surface area contributed by atoms with E-state index < -0.39 is 21.9 Å². The number of thiazole rings is 1. The van der Waals surface area contributed by atoms with Crippen LogP contribution in [0.4, 0.5) is 0 Å². The van der Waals surface area contributed by atoms with Crippen LogP contribution >= 0.6 is 34.5 Å². The van der Waals surface area contributed by atoms with Crippen LogP contribution in [0.5, 0.6) is 0 Å². The third-order valence-electron chi connectivity index (χ3n) is 5.75. The Kier molecular flexibility index (Phi) is 7.97. The van der Waals surface area contributed by atoms with Crippen molar-refractivity contribution in [3.8, 4) is 0 Å². The first-order valence-electron chi connectivity index (χ1n) is 11.0. The Labute approximate surface area is 216 Å². The molecule has 35 heavy (non-hydrogen) atoms. The van der Waals surface area contributed by atoms with Crippen LogP contribution in [0.3, 0.4) is 0 Å². The maximum Gasteiger partial charge on any atom is 0.325 e. The van der Waals surface area contributed by atoms with E-state index in [-0.39, 0.29) is 26.8 Å². The standard InChI is InChI=1S/C23H23Cl2N3O5S2/c1-33-19(29)14-28-21-18(11-10-17(24)20(21)25)34-23(28)26-22(30)15-6-8-16(9-7-15)35(31,32)27-12-4-2-3-5-13-27/h6-11H,2-5,12-14H2,1H3. The van der Waals surface area contributed by atoms with Crippen LogP contribution in [0.15, 0.2) is 46.3 Å². The largest absolute Gasteiger partial charge is 0.468 e. The van der Waals surface area contributed by atoms with E-state index in [0.717, 1.165) is 25.7 Å². The van der Waals surface area contributed by atoms with Gasteiger partial charge in [0.15, 0.2) is 4.80 Å². The first-order chi connectivity index (χ1) is 16.7. The van der Waals surface area contributed by atoms with Gasteiger partial charge in [0.2, 0.25) is 10.0 Å². The number of halogens is 2. The molecule has 0 spiro atoms. The summed E-state index contributed by atoms with van der Waals surface area (Å²) in [4.78, 5) is 29.5. The van der Waals surface area contributed by atoms with Crippen molar-refractivity contribution in [1.82, 2.24) is 8.87 Å². The molecule has 1 fully saturated rings. The SMILES string of the molecule is COC(=O)Cn1c(=NC(=O)c2ccc(S(=O)(=O)N3CCCCCC3)cc2)sc2ccc(Cl)c(Cl)c21. The van der Waals surface area contributed by atoms with Gasteiger partial charge in [0.05, 0.1) is 32.3 Å². The van der Waals surface area contributed by atoms with E-state index in [1.54, 1.807) is 12.1 Å². The Hall–Kier alpha value is -2.24.